The molecule has 3 N–H and O–H groups in total. The minimum Gasteiger partial charge on any atom is -0.481 e. The third-order valence-corrected chi connectivity index (χ3v) is 6.61. The second kappa shape index (κ2) is 14.2. The molecule has 206 valence electrons. The summed E-state index contributed by atoms with van der Waals surface area (Å²) in [6.07, 6.45) is 6.53. The number of aromatic nitrogens is 1. The van der Waals surface area contributed by atoms with E-state index in [1.807, 2.05) is 20.8 Å². The second-order valence-electron chi connectivity index (χ2n) is 11.2. The highest BCUT2D eigenvalue weighted by Gasteiger charge is 2.33. The van der Waals surface area contributed by atoms with Crippen molar-refractivity contribution in [1.29, 1.82) is 0 Å². The average molecular weight is 514 g/mol. The van der Waals surface area contributed by atoms with Gasteiger partial charge in [-0.15, -0.1) is 0 Å². The standard InChI is InChI=1S/C22H31N3.C5H10O2.C3H6O2/c1-15(2)13-20-22-18(17-9-4-5-10-19(17)24-22)11-12-25(20)21(14-23-3)16-7-6-8-16;1-5(2,3)7-4-6;1-2-3(4)5/h4-5,9-10,15,20,23-24H,6-8,11-14H2,1-3H3;4H,1-3H3;2H2,1H3,(H,4,5). The first-order valence-corrected chi connectivity index (χ1v) is 13.6. The highest BCUT2D eigenvalue weighted by molar-refractivity contribution is 5.85. The van der Waals surface area contributed by atoms with Crippen molar-refractivity contribution < 1.29 is 19.4 Å². The van der Waals surface area contributed by atoms with Gasteiger partial charge in [0.1, 0.15) is 5.60 Å². The fourth-order valence-corrected chi connectivity index (χ4v) is 4.72. The lowest BCUT2D eigenvalue weighted by Gasteiger charge is -2.42. The van der Waals surface area contributed by atoms with Gasteiger partial charge in [0.2, 0.25) is 0 Å². The van der Waals surface area contributed by atoms with Crippen LogP contribution < -0.4 is 5.32 Å². The Morgan fingerprint density at radius 3 is 2.35 bits per heavy atom. The van der Waals surface area contributed by atoms with Gasteiger partial charge in [0.05, 0.1) is 6.04 Å². The van der Waals surface area contributed by atoms with Crippen LogP contribution in [0, 0.1) is 5.92 Å². The minimum absolute atomic E-state index is 0.222. The number of likely N-dealkylation sites (N-methyl/N-ethyl adjacent to an activating group) is 1. The monoisotopic (exact) mass is 513 g/mol. The maximum atomic E-state index is 9.60. The van der Waals surface area contributed by atoms with E-state index in [9.17, 15) is 9.59 Å². The second-order valence-corrected chi connectivity index (χ2v) is 11.2. The van der Waals surface area contributed by atoms with E-state index in [2.05, 4.69) is 65.1 Å². The predicted octanol–water partition coefficient (Wildman–Crippen LogP) is 6.21. The maximum Gasteiger partial charge on any atom is 0.303 e. The molecule has 0 radical (unpaired) electrons. The molecule has 1 unspecified atom stereocenters. The van der Waals surface area contributed by atoms with Crippen LogP contribution in [0.3, 0.4) is 0 Å². The molecule has 1 aliphatic heterocycles. The Bertz CT molecular complexity index is 1040. The fraction of sp³-hybridized carbons (Fsp3) is 0.600. The van der Waals surface area contributed by atoms with Crippen LogP contribution in [0.5, 0.6) is 0 Å². The molecule has 0 spiro atoms. The Kier molecular flexibility index (Phi) is 11.7. The Morgan fingerprint density at radius 1 is 1.24 bits per heavy atom. The average Bonchev–Trinajstić information content (AvgIpc) is 3.17. The molecule has 2 heterocycles. The molecule has 7 nitrogen and oxygen atoms in total. The summed E-state index contributed by atoms with van der Waals surface area (Å²) in [5, 5.41) is 12.6. The zero-order valence-corrected chi connectivity index (χ0v) is 23.8. The van der Waals surface area contributed by atoms with E-state index >= 15 is 0 Å². The molecule has 2 aliphatic rings. The lowest BCUT2D eigenvalue weighted by atomic mass is 9.86. The number of nitrogens with one attached hydrogen (secondary N) is 2. The van der Waals surface area contributed by atoms with E-state index in [0.717, 1.165) is 19.5 Å². The zero-order valence-electron chi connectivity index (χ0n) is 23.8. The van der Waals surface area contributed by atoms with Crippen molar-refractivity contribution in [3.05, 3.63) is 46.8 Å². The van der Waals surface area contributed by atoms with Gasteiger partial charge in [-0.25, -0.2) is 0 Å². The van der Waals surface area contributed by atoms with E-state index in [0.29, 0.717) is 18.4 Å². The number of hydrogen-bond acceptors (Lipinski definition) is 5. The first kappa shape index (κ1) is 30.4. The number of ether oxygens (including phenoxy) is 1. The van der Waals surface area contributed by atoms with Crippen LogP contribution in [0.15, 0.2) is 35.5 Å². The van der Waals surface area contributed by atoms with Crippen molar-refractivity contribution in [3.63, 3.8) is 0 Å². The number of benzene rings is 1. The van der Waals surface area contributed by atoms with Gasteiger partial charge in [-0.2, -0.15) is 0 Å². The van der Waals surface area contributed by atoms with Crippen molar-refractivity contribution >= 4 is 23.3 Å². The summed E-state index contributed by atoms with van der Waals surface area (Å²) < 4.78 is 4.55. The molecule has 1 atom stereocenters. The molecule has 0 bridgehead atoms. The van der Waals surface area contributed by atoms with Crippen molar-refractivity contribution in [3.8, 4) is 0 Å². The van der Waals surface area contributed by atoms with Gasteiger partial charge in [-0.1, -0.05) is 39.0 Å². The Hall–Kier alpha value is -2.80. The van der Waals surface area contributed by atoms with Crippen LogP contribution in [0.25, 0.3) is 10.9 Å². The van der Waals surface area contributed by atoms with Crippen LogP contribution >= 0.6 is 0 Å². The van der Waals surface area contributed by atoms with Crippen LogP contribution in [-0.2, 0) is 20.7 Å². The summed E-state index contributed by atoms with van der Waals surface area (Å²) in [6.45, 7) is 14.4. The summed E-state index contributed by atoms with van der Waals surface area (Å²) in [5.74, 6) is -0.0583. The summed E-state index contributed by atoms with van der Waals surface area (Å²) in [6, 6.07) is 9.30. The number of carbonyl (C=O) groups is 2. The number of carbonyl (C=O) groups excluding carboxylic acids is 1. The van der Waals surface area contributed by atoms with Crippen LogP contribution in [0.4, 0.5) is 0 Å². The lowest BCUT2D eigenvalue weighted by molar-refractivity contribution is -0.139. The number of nitrogens with zero attached hydrogens (tertiary/aromatic N) is 1. The number of aliphatic carboxylic acids is 1. The molecule has 4 rings (SSSR count). The van der Waals surface area contributed by atoms with Crippen molar-refractivity contribution in [2.45, 2.75) is 91.7 Å². The Balaban J connectivity index is 0.000000337. The number of H-pyrrole nitrogens is 1. The highest BCUT2D eigenvalue weighted by atomic mass is 16.5. The normalized spacial score (nSPS) is 16.6. The third-order valence-electron chi connectivity index (χ3n) is 6.61. The number of carboxylic acids is 1. The molecule has 7 heteroatoms. The third kappa shape index (κ3) is 8.92. The molecule has 1 aliphatic carbocycles. The van der Waals surface area contributed by atoms with Crippen LogP contribution in [-0.4, -0.2) is 53.2 Å². The van der Waals surface area contributed by atoms with Gasteiger partial charge in [0.25, 0.3) is 6.47 Å². The van der Waals surface area contributed by atoms with Crippen LogP contribution in [0.1, 0.15) is 90.9 Å². The first-order valence-electron chi connectivity index (χ1n) is 13.6. The Labute approximate surface area is 222 Å². The maximum absolute atomic E-state index is 9.60. The number of allylic oxidation sites excluding steroid dienone is 1. The molecule has 0 amide bonds. The zero-order chi connectivity index (χ0) is 27.6. The molecule has 1 saturated carbocycles. The highest BCUT2D eigenvalue weighted by Crippen LogP contribution is 2.42. The number of para-hydroxylation sites is 1. The quantitative estimate of drug-likeness (QED) is 0.381. The van der Waals surface area contributed by atoms with E-state index in [4.69, 9.17) is 5.11 Å². The van der Waals surface area contributed by atoms with Gasteiger partial charge >= 0.3 is 5.97 Å². The number of fused-ring (bicyclic) bond motifs is 3. The molecule has 0 saturated heterocycles. The van der Waals surface area contributed by atoms with Gasteiger partial charge < -0.3 is 25.0 Å². The number of carboxylic acid groups (broad SMARTS) is 1. The SMILES string of the molecule is CC(C)(C)OC=O.CCC(=O)O.CNCC(=C1CCC1)N1CCc2c([nH]c3ccccc23)C1CC(C)C. The van der Waals surface area contributed by atoms with Crippen molar-refractivity contribution in [2.24, 2.45) is 5.92 Å². The molecule has 37 heavy (non-hydrogen) atoms. The molecule has 1 aromatic heterocycles. The topological polar surface area (TPSA) is 94.7 Å². The van der Waals surface area contributed by atoms with E-state index in [1.54, 1.807) is 23.8 Å². The lowest BCUT2D eigenvalue weighted by Crippen LogP contribution is -2.39. The Morgan fingerprint density at radius 2 is 1.89 bits per heavy atom. The summed E-state index contributed by atoms with van der Waals surface area (Å²) in [5.41, 5.74) is 7.26. The predicted molar refractivity (Wildman–Crippen MR) is 151 cm³/mol. The molecular weight excluding hydrogens is 466 g/mol. The largest absolute Gasteiger partial charge is 0.481 e. The smallest absolute Gasteiger partial charge is 0.303 e. The number of rotatable bonds is 7. The van der Waals surface area contributed by atoms with Crippen LogP contribution in [0.2, 0.25) is 0 Å². The number of aromatic amines is 1. The summed E-state index contributed by atoms with van der Waals surface area (Å²) in [4.78, 5) is 25.5. The first-order chi connectivity index (χ1) is 17.5. The van der Waals surface area contributed by atoms with Gasteiger partial charge in [-0.3, -0.25) is 9.59 Å². The molecule has 1 aromatic carbocycles. The van der Waals surface area contributed by atoms with E-state index < -0.39 is 5.97 Å². The van der Waals surface area contributed by atoms with Gasteiger partial charge in [0, 0.05) is 41.8 Å². The van der Waals surface area contributed by atoms with Crippen molar-refractivity contribution in [1.82, 2.24) is 15.2 Å². The molecule has 1 fully saturated rings. The minimum atomic E-state index is -0.745. The fourth-order valence-electron chi connectivity index (χ4n) is 4.72. The molecular formula is C30H47N3O4. The van der Waals surface area contributed by atoms with Gasteiger partial charge in [0.15, 0.2) is 0 Å². The van der Waals surface area contributed by atoms with Crippen molar-refractivity contribution in [2.75, 3.05) is 20.1 Å². The number of hydrogen-bond donors (Lipinski definition) is 3. The summed E-state index contributed by atoms with van der Waals surface area (Å²) in [7, 11) is 2.08. The van der Waals surface area contributed by atoms with E-state index in [1.165, 1.54) is 42.3 Å². The molecule has 2 aromatic rings. The summed E-state index contributed by atoms with van der Waals surface area (Å²) >= 11 is 0. The van der Waals surface area contributed by atoms with Gasteiger partial charge in [-0.05, 0) is 83.0 Å². The van der Waals surface area contributed by atoms with E-state index in [-0.39, 0.29) is 12.0 Å².